The SMILES string of the molecule is CCCCCc1ccc(-c2ccc(-c3ccc(CCCCC)cc3)c(Cl)c2Cl)cc1. The van der Waals surface area contributed by atoms with Crippen molar-refractivity contribution in [3.63, 3.8) is 0 Å². The Bertz CT molecular complexity index is 846. The summed E-state index contributed by atoms with van der Waals surface area (Å²) in [5.41, 5.74) is 6.96. The molecule has 0 amide bonds. The van der Waals surface area contributed by atoms with Crippen LogP contribution in [0.4, 0.5) is 0 Å². The maximum Gasteiger partial charge on any atom is 0.0676 e. The molecule has 0 radical (unpaired) electrons. The minimum atomic E-state index is 0.625. The molecule has 158 valence electrons. The van der Waals surface area contributed by atoms with Crippen LogP contribution in [0.15, 0.2) is 60.7 Å². The van der Waals surface area contributed by atoms with Crippen molar-refractivity contribution in [3.05, 3.63) is 81.8 Å². The van der Waals surface area contributed by atoms with Crippen molar-refractivity contribution in [1.29, 1.82) is 0 Å². The van der Waals surface area contributed by atoms with E-state index in [0.717, 1.165) is 35.1 Å². The molecule has 0 fully saturated rings. The van der Waals surface area contributed by atoms with Gasteiger partial charge < -0.3 is 0 Å². The second-order valence-corrected chi connectivity index (χ2v) is 8.85. The van der Waals surface area contributed by atoms with E-state index in [1.807, 2.05) is 0 Å². The van der Waals surface area contributed by atoms with Crippen LogP contribution >= 0.6 is 23.2 Å². The first-order chi connectivity index (χ1) is 14.6. The molecule has 0 saturated carbocycles. The zero-order chi connectivity index (χ0) is 21.3. The first-order valence-corrected chi connectivity index (χ1v) is 12.1. The highest BCUT2D eigenvalue weighted by atomic mass is 35.5. The number of hydrogen-bond donors (Lipinski definition) is 0. The Morgan fingerprint density at radius 1 is 0.500 bits per heavy atom. The largest absolute Gasteiger partial charge is 0.0820 e. The van der Waals surface area contributed by atoms with E-state index in [4.69, 9.17) is 23.2 Å². The monoisotopic (exact) mass is 438 g/mol. The van der Waals surface area contributed by atoms with Gasteiger partial charge in [0.2, 0.25) is 0 Å². The van der Waals surface area contributed by atoms with Crippen LogP contribution in [-0.2, 0) is 12.8 Å². The van der Waals surface area contributed by atoms with Gasteiger partial charge in [-0.1, -0.05) is 123 Å². The summed E-state index contributed by atoms with van der Waals surface area (Å²) in [5, 5.41) is 1.25. The van der Waals surface area contributed by atoms with Crippen molar-refractivity contribution in [2.24, 2.45) is 0 Å². The third-order valence-electron chi connectivity index (χ3n) is 5.75. The third-order valence-corrected chi connectivity index (χ3v) is 6.63. The Kier molecular flexibility index (Phi) is 8.85. The molecule has 0 saturated heterocycles. The quantitative estimate of drug-likeness (QED) is 0.276. The van der Waals surface area contributed by atoms with Crippen molar-refractivity contribution in [1.82, 2.24) is 0 Å². The van der Waals surface area contributed by atoms with E-state index < -0.39 is 0 Å². The highest BCUT2D eigenvalue weighted by molar-refractivity contribution is 6.45. The highest BCUT2D eigenvalue weighted by Gasteiger charge is 2.13. The van der Waals surface area contributed by atoms with Crippen LogP contribution in [-0.4, -0.2) is 0 Å². The first kappa shape index (κ1) is 22.9. The number of aryl methyl sites for hydroxylation is 2. The molecule has 0 N–H and O–H groups in total. The number of unbranched alkanes of at least 4 members (excludes halogenated alkanes) is 4. The van der Waals surface area contributed by atoms with E-state index in [0.29, 0.717) is 10.0 Å². The van der Waals surface area contributed by atoms with Crippen molar-refractivity contribution < 1.29 is 0 Å². The summed E-state index contributed by atoms with van der Waals surface area (Å²) in [7, 11) is 0. The molecular formula is C28H32Cl2. The van der Waals surface area contributed by atoms with Crippen LogP contribution in [0.1, 0.15) is 63.5 Å². The molecule has 0 aliphatic heterocycles. The van der Waals surface area contributed by atoms with E-state index in [1.54, 1.807) is 0 Å². The van der Waals surface area contributed by atoms with Gasteiger partial charge in [0.05, 0.1) is 10.0 Å². The van der Waals surface area contributed by atoms with Crippen LogP contribution in [0.3, 0.4) is 0 Å². The van der Waals surface area contributed by atoms with Gasteiger partial charge in [0.25, 0.3) is 0 Å². The predicted octanol–water partition coefficient (Wildman–Crippen LogP) is 9.79. The van der Waals surface area contributed by atoms with Crippen LogP contribution in [0.25, 0.3) is 22.3 Å². The summed E-state index contributed by atoms with van der Waals surface area (Å²) in [6.07, 6.45) is 9.82. The van der Waals surface area contributed by atoms with Crippen LogP contribution < -0.4 is 0 Å². The summed E-state index contributed by atoms with van der Waals surface area (Å²) in [5.74, 6) is 0. The molecule has 0 nitrogen and oxygen atoms in total. The van der Waals surface area contributed by atoms with E-state index in [9.17, 15) is 0 Å². The Balaban J connectivity index is 1.77. The zero-order valence-electron chi connectivity index (χ0n) is 18.2. The van der Waals surface area contributed by atoms with Gasteiger partial charge in [-0.3, -0.25) is 0 Å². The molecule has 0 spiro atoms. The molecule has 3 aromatic carbocycles. The van der Waals surface area contributed by atoms with Crippen molar-refractivity contribution in [2.75, 3.05) is 0 Å². The summed E-state index contributed by atoms with van der Waals surface area (Å²) in [6, 6.07) is 21.6. The van der Waals surface area contributed by atoms with E-state index in [1.165, 1.54) is 49.7 Å². The Labute approximate surface area is 192 Å². The third kappa shape index (κ3) is 5.90. The van der Waals surface area contributed by atoms with Crippen molar-refractivity contribution in [2.45, 2.75) is 65.2 Å². The van der Waals surface area contributed by atoms with Gasteiger partial charge in [0.15, 0.2) is 0 Å². The Hall–Kier alpha value is -1.76. The fraction of sp³-hybridized carbons (Fsp3) is 0.357. The van der Waals surface area contributed by atoms with Crippen LogP contribution in [0, 0.1) is 0 Å². The average molecular weight is 439 g/mol. The summed E-state index contributed by atoms with van der Waals surface area (Å²) in [4.78, 5) is 0. The second kappa shape index (κ2) is 11.6. The predicted molar refractivity (Wildman–Crippen MR) is 134 cm³/mol. The molecule has 0 unspecified atom stereocenters. The molecule has 0 aliphatic rings. The van der Waals surface area contributed by atoms with Crippen molar-refractivity contribution >= 4 is 23.2 Å². The van der Waals surface area contributed by atoms with Gasteiger partial charge >= 0.3 is 0 Å². The topological polar surface area (TPSA) is 0 Å². The van der Waals surface area contributed by atoms with Gasteiger partial charge in [0.1, 0.15) is 0 Å². The molecule has 3 aromatic rings. The van der Waals surface area contributed by atoms with Gasteiger partial charge in [-0.2, -0.15) is 0 Å². The first-order valence-electron chi connectivity index (χ1n) is 11.3. The van der Waals surface area contributed by atoms with Crippen LogP contribution in [0.5, 0.6) is 0 Å². The maximum atomic E-state index is 6.71. The molecule has 0 atom stereocenters. The fourth-order valence-corrected chi connectivity index (χ4v) is 4.40. The van der Waals surface area contributed by atoms with Crippen molar-refractivity contribution in [3.8, 4) is 22.3 Å². The second-order valence-electron chi connectivity index (χ2n) is 8.10. The summed E-state index contributed by atoms with van der Waals surface area (Å²) in [6.45, 7) is 4.47. The molecular weight excluding hydrogens is 407 g/mol. The minimum absolute atomic E-state index is 0.625. The van der Waals surface area contributed by atoms with Gasteiger partial charge in [-0.15, -0.1) is 0 Å². The standard InChI is InChI=1S/C28H32Cl2/c1-3-5-7-9-21-11-15-23(16-12-21)25-19-20-26(28(30)27(25)29)24-17-13-22(14-18-24)10-8-6-4-2/h11-20H,3-10H2,1-2H3. The number of rotatable bonds is 10. The lowest BCUT2D eigenvalue weighted by molar-refractivity contribution is 0.717. The van der Waals surface area contributed by atoms with E-state index >= 15 is 0 Å². The summed E-state index contributed by atoms with van der Waals surface area (Å²) >= 11 is 13.4. The molecule has 0 bridgehead atoms. The Morgan fingerprint density at radius 2 is 0.867 bits per heavy atom. The Morgan fingerprint density at radius 3 is 1.20 bits per heavy atom. The van der Waals surface area contributed by atoms with Gasteiger partial charge in [0, 0.05) is 11.1 Å². The number of hydrogen-bond acceptors (Lipinski definition) is 0. The highest BCUT2D eigenvalue weighted by Crippen LogP contribution is 2.40. The molecule has 2 heteroatoms. The minimum Gasteiger partial charge on any atom is -0.0820 e. The molecule has 30 heavy (non-hydrogen) atoms. The normalized spacial score (nSPS) is 11.1. The summed E-state index contributed by atoms with van der Waals surface area (Å²) < 4.78 is 0. The van der Waals surface area contributed by atoms with E-state index in [-0.39, 0.29) is 0 Å². The smallest absolute Gasteiger partial charge is 0.0676 e. The number of halogens is 2. The van der Waals surface area contributed by atoms with Gasteiger partial charge in [-0.25, -0.2) is 0 Å². The lowest BCUT2D eigenvalue weighted by Gasteiger charge is -2.12. The van der Waals surface area contributed by atoms with E-state index in [2.05, 4.69) is 74.5 Å². The fourth-order valence-electron chi connectivity index (χ4n) is 3.86. The molecule has 0 aromatic heterocycles. The number of benzene rings is 3. The lowest BCUT2D eigenvalue weighted by Crippen LogP contribution is -1.89. The van der Waals surface area contributed by atoms with Crippen LogP contribution in [0.2, 0.25) is 10.0 Å². The van der Waals surface area contributed by atoms with Gasteiger partial charge in [-0.05, 0) is 47.9 Å². The lowest BCUT2D eigenvalue weighted by atomic mass is 9.97. The molecule has 0 aliphatic carbocycles. The molecule has 3 rings (SSSR count). The zero-order valence-corrected chi connectivity index (χ0v) is 19.7. The molecule has 0 heterocycles. The average Bonchev–Trinajstić information content (AvgIpc) is 2.77. The maximum absolute atomic E-state index is 6.71.